The fourth-order valence-electron chi connectivity index (χ4n) is 2.41. The van der Waals surface area contributed by atoms with Gasteiger partial charge in [0.2, 0.25) is 0 Å². The predicted molar refractivity (Wildman–Crippen MR) is 71.2 cm³/mol. The van der Waals surface area contributed by atoms with Crippen LogP contribution in [0.2, 0.25) is 0 Å². The predicted octanol–water partition coefficient (Wildman–Crippen LogP) is 3.42. The Bertz CT molecular complexity index is 558. The summed E-state index contributed by atoms with van der Waals surface area (Å²) in [6.07, 6.45) is 0.971. The molecule has 2 aromatic rings. The van der Waals surface area contributed by atoms with Crippen molar-refractivity contribution in [1.82, 2.24) is 0 Å². The Morgan fingerprint density at radius 1 is 1.11 bits per heavy atom. The lowest BCUT2D eigenvalue weighted by molar-refractivity contribution is 0.261. The minimum atomic E-state index is 0.266. The van der Waals surface area contributed by atoms with Gasteiger partial charge in [0.05, 0.1) is 6.61 Å². The molecule has 0 aromatic heterocycles. The molecule has 3 rings (SSSR count). The van der Waals surface area contributed by atoms with Crippen LogP contribution in [-0.4, -0.2) is 11.7 Å². The van der Waals surface area contributed by atoms with Gasteiger partial charge in [-0.05, 0) is 30.5 Å². The van der Waals surface area contributed by atoms with Gasteiger partial charge in [0.15, 0.2) is 0 Å². The molecule has 0 aliphatic carbocycles. The van der Waals surface area contributed by atoms with Crippen LogP contribution in [0.4, 0.5) is 0 Å². The van der Waals surface area contributed by atoms with Gasteiger partial charge in [-0.15, -0.1) is 0 Å². The molecular formula is C16H16O2. The van der Waals surface area contributed by atoms with Gasteiger partial charge >= 0.3 is 0 Å². The number of aryl methyl sites for hydroxylation is 1. The molecule has 0 unspecified atom stereocenters. The number of phenolic OH excluding ortho intramolecular Hbond substituents is 1. The van der Waals surface area contributed by atoms with Crippen molar-refractivity contribution < 1.29 is 9.84 Å². The van der Waals surface area contributed by atoms with Crippen molar-refractivity contribution in [2.24, 2.45) is 0 Å². The van der Waals surface area contributed by atoms with E-state index < -0.39 is 0 Å². The quantitative estimate of drug-likeness (QED) is 0.827. The maximum atomic E-state index is 9.42. The highest BCUT2D eigenvalue weighted by molar-refractivity contribution is 5.43. The number of aromatic hydroxyl groups is 1. The van der Waals surface area contributed by atoms with Crippen LogP contribution < -0.4 is 4.74 Å². The number of benzene rings is 2. The molecule has 1 aliphatic rings. The van der Waals surface area contributed by atoms with E-state index in [1.807, 2.05) is 6.07 Å². The van der Waals surface area contributed by atoms with Gasteiger partial charge in [0, 0.05) is 12.0 Å². The summed E-state index contributed by atoms with van der Waals surface area (Å²) in [6.45, 7) is 2.78. The van der Waals surface area contributed by atoms with Gasteiger partial charge in [0.25, 0.3) is 0 Å². The maximum absolute atomic E-state index is 9.42. The number of hydrogen-bond acceptors (Lipinski definition) is 2. The van der Waals surface area contributed by atoms with Gasteiger partial charge in [-0.1, -0.05) is 35.9 Å². The van der Waals surface area contributed by atoms with E-state index in [4.69, 9.17) is 4.74 Å². The van der Waals surface area contributed by atoms with E-state index in [2.05, 4.69) is 31.2 Å². The Morgan fingerprint density at radius 3 is 2.67 bits per heavy atom. The second-order valence-electron chi connectivity index (χ2n) is 4.91. The molecule has 2 nitrogen and oxygen atoms in total. The number of rotatable bonds is 1. The standard InChI is InChI=1S/C16H16O2/c1-11-2-4-12(5-3-11)14-8-13-6-7-15(17)9-16(13)18-10-14/h2-7,9,14,17H,8,10H2,1H3/t14-/m1/s1. The summed E-state index contributed by atoms with van der Waals surface area (Å²) in [4.78, 5) is 0. The fourth-order valence-corrected chi connectivity index (χ4v) is 2.41. The monoisotopic (exact) mass is 240 g/mol. The first-order chi connectivity index (χ1) is 8.72. The zero-order valence-electron chi connectivity index (χ0n) is 10.4. The molecule has 18 heavy (non-hydrogen) atoms. The Hall–Kier alpha value is -1.96. The highest BCUT2D eigenvalue weighted by Crippen LogP contribution is 2.34. The molecule has 0 saturated carbocycles. The smallest absolute Gasteiger partial charge is 0.126 e. The Labute approximate surface area is 107 Å². The molecule has 2 heteroatoms. The summed E-state index contributed by atoms with van der Waals surface area (Å²) in [5, 5.41) is 9.42. The van der Waals surface area contributed by atoms with E-state index in [0.29, 0.717) is 12.5 Å². The summed E-state index contributed by atoms with van der Waals surface area (Å²) in [6, 6.07) is 14.0. The van der Waals surface area contributed by atoms with Gasteiger partial charge in [-0.25, -0.2) is 0 Å². The molecule has 0 bridgehead atoms. The molecule has 1 aliphatic heterocycles. The minimum Gasteiger partial charge on any atom is -0.508 e. The van der Waals surface area contributed by atoms with Crippen LogP contribution in [0.5, 0.6) is 11.5 Å². The molecule has 92 valence electrons. The molecule has 0 saturated heterocycles. The van der Waals surface area contributed by atoms with Crippen molar-refractivity contribution in [3.63, 3.8) is 0 Å². The number of hydrogen-bond donors (Lipinski definition) is 1. The minimum absolute atomic E-state index is 0.266. The van der Waals surface area contributed by atoms with Crippen molar-refractivity contribution in [3.05, 3.63) is 59.2 Å². The Morgan fingerprint density at radius 2 is 1.89 bits per heavy atom. The van der Waals surface area contributed by atoms with E-state index in [1.165, 1.54) is 16.7 Å². The molecule has 2 aromatic carbocycles. The van der Waals surface area contributed by atoms with E-state index >= 15 is 0 Å². The Kier molecular flexibility index (Phi) is 2.71. The third-order valence-corrected chi connectivity index (χ3v) is 3.51. The van der Waals surface area contributed by atoms with E-state index in [0.717, 1.165) is 12.2 Å². The molecule has 0 fully saturated rings. The first-order valence-electron chi connectivity index (χ1n) is 6.23. The normalized spacial score (nSPS) is 17.9. The van der Waals surface area contributed by atoms with Crippen molar-refractivity contribution in [1.29, 1.82) is 0 Å². The van der Waals surface area contributed by atoms with Crippen LogP contribution in [0.15, 0.2) is 42.5 Å². The van der Waals surface area contributed by atoms with Crippen LogP contribution >= 0.6 is 0 Å². The fraction of sp³-hybridized carbons (Fsp3) is 0.250. The SMILES string of the molecule is Cc1ccc([C@H]2COc3cc(O)ccc3C2)cc1. The average Bonchev–Trinajstić information content (AvgIpc) is 2.39. The lowest BCUT2D eigenvalue weighted by atomic mass is 9.90. The Balaban J connectivity index is 1.86. The maximum Gasteiger partial charge on any atom is 0.126 e. The van der Waals surface area contributed by atoms with Gasteiger partial charge in [-0.3, -0.25) is 0 Å². The molecule has 0 spiro atoms. The zero-order chi connectivity index (χ0) is 12.5. The number of ether oxygens (including phenoxy) is 1. The number of phenols is 1. The summed E-state index contributed by atoms with van der Waals surface area (Å²) in [5.74, 6) is 1.49. The largest absolute Gasteiger partial charge is 0.508 e. The van der Waals surface area contributed by atoms with E-state index in [-0.39, 0.29) is 5.75 Å². The second kappa shape index (κ2) is 4.37. The summed E-state index contributed by atoms with van der Waals surface area (Å²) in [7, 11) is 0. The lowest BCUT2D eigenvalue weighted by Crippen LogP contribution is -2.19. The van der Waals surface area contributed by atoms with Crippen LogP contribution in [-0.2, 0) is 6.42 Å². The molecule has 1 atom stereocenters. The second-order valence-corrected chi connectivity index (χ2v) is 4.91. The summed E-state index contributed by atoms with van der Waals surface area (Å²) < 4.78 is 5.74. The molecular weight excluding hydrogens is 224 g/mol. The van der Waals surface area contributed by atoms with Crippen LogP contribution in [0.3, 0.4) is 0 Å². The van der Waals surface area contributed by atoms with Crippen molar-refractivity contribution in [2.45, 2.75) is 19.3 Å². The molecule has 0 amide bonds. The number of fused-ring (bicyclic) bond motifs is 1. The van der Waals surface area contributed by atoms with Gasteiger partial charge < -0.3 is 9.84 Å². The third kappa shape index (κ3) is 2.06. The van der Waals surface area contributed by atoms with E-state index in [1.54, 1.807) is 12.1 Å². The average molecular weight is 240 g/mol. The van der Waals surface area contributed by atoms with E-state index in [9.17, 15) is 5.11 Å². The first-order valence-corrected chi connectivity index (χ1v) is 6.23. The molecule has 1 heterocycles. The molecule has 1 N–H and O–H groups in total. The van der Waals surface area contributed by atoms with Crippen molar-refractivity contribution in [2.75, 3.05) is 6.61 Å². The third-order valence-electron chi connectivity index (χ3n) is 3.51. The highest BCUT2D eigenvalue weighted by atomic mass is 16.5. The lowest BCUT2D eigenvalue weighted by Gasteiger charge is -2.25. The van der Waals surface area contributed by atoms with Crippen molar-refractivity contribution in [3.8, 4) is 11.5 Å². The van der Waals surface area contributed by atoms with Crippen LogP contribution in [0.1, 0.15) is 22.6 Å². The van der Waals surface area contributed by atoms with Crippen LogP contribution in [0, 0.1) is 6.92 Å². The summed E-state index contributed by atoms with van der Waals surface area (Å²) >= 11 is 0. The van der Waals surface area contributed by atoms with Crippen molar-refractivity contribution >= 4 is 0 Å². The van der Waals surface area contributed by atoms with Gasteiger partial charge in [-0.2, -0.15) is 0 Å². The highest BCUT2D eigenvalue weighted by Gasteiger charge is 2.21. The zero-order valence-corrected chi connectivity index (χ0v) is 10.4. The topological polar surface area (TPSA) is 29.5 Å². The van der Waals surface area contributed by atoms with Crippen LogP contribution in [0.25, 0.3) is 0 Å². The first kappa shape index (κ1) is 11.1. The van der Waals surface area contributed by atoms with Gasteiger partial charge in [0.1, 0.15) is 11.5 Å². The summed E-state index contributed by atoms with van der Waals surface area (Å²) in [5.41, 5.74) is 3.77. The molecule has 0 radical (unpaired) electrons.